The van der Waals surface area contributed by atoms with Gasteiger partial charge >= 0.3 is 5.97 Å². The second kappa shape index (κ2) is 8.47. The maximum atomic E-state index is 12.8. The van der Waals surface area contributed by atoms with Crippen molar-refractivity contribution in [3.8, 4) is 0 Å². The largest absolute Gasteiger partial charge is 0.467 e. The molecule has 1 aromatic heterocycles. The Morgan fingerprint density at radius 1 is 1.24 bits per heavy atom. The van der Waals surface area contributed by atoms with Crippen molar-refractivity contribution < 1.29 is 18.7 Å². The number of hydrogen-bond donors (Lipinski definition) is 0. The van der Waals surface area contributed by atoms with Crippen molar-refractivity contribution in [3.05, 3.63) is 71.7 Å². The third-order valence-corrected chi connectivity index (χ3v) is 5.32. The summed E-state index contributed by atoms with van der Waals surface area (Å²) >= 11 is 0. The molecule has 150 valence electrons. The Bertz CT molecular complexity index is 928. The van der Waals surface area contributed by atoms with E-state index in [0.29, 0.717) is 18.6 Å². The normalized spacial score (nSPS) is 20.7. The van der Waals surface area contributed by atoms with Gasteiger partial charge < -0.3 is 9.15 Å². The van der Waals surface area contributed by atoms with Crippen LogP contribution in [0.15, 0.2) is 64.3 Å². The fraction of sp³-hybridized carbons (Fsp3) is 0.348. The number of ether oxygens (including phenoxy) is 1. The van der Waals surface area contributed by atoms with Gasteiger partial charge in [-0.1, -0.05) is 42.0 Å². The maximum Gasteiger partial charge on any atom is 0.306 e. The molecule has 2 heterocycles. The number of benzene rings is 1. The van der Waals surface area contributed by atoms with Crippen LogP contribution in [0.2, 0.25) is 0 Å². The number of carbonyl (C=O) groups is 2. The van der Waals surface area contributed by atoms with Gasteiger partial charge in [-0.25, -0.2) is 5.01 Å². The Hall–Kier alpha value is -3.15. The predicted molar refractivity (Wildman–Crippen MR) is 108 cm³/mol. The zero-order valence-corrected chi connectivity index (χ0v) is 16.4. The van der Waals surface area contributed by atoms with E-state index in [1.165, 1.54) is 5.01 Å². The molecule has 1 aromatic carbocycles. The third kappa shape index (κ3) is 4.47. The van der Waals surface area contributed by atoms with Crippen molar-refractivity contribution >= 4 is 17.6 Å². The summed E-state index contributed by atoms with van der Waals surface area (Å²) in [5.41, 5.74) is 2.93. The topological polar surface area (TPSA) is 72.1 Å². The van der Waals surface area contributed by atoms with E-state index in [4.69, 9.17) is 9.15 Å². The van der Waals surface area contributed by atoms with Gasteiger partial charge in [0.2, 0.25) is 0 Å². The molecule has 29 heavy (non-hydrogen) atoms. The Kier molecular flexibility index (Phi) is 5.60. The Labute approximate surface area is 169 Å². The first kappa shape index (κ1) is 19.2. The van der Waals surface area contributed by atoms with E-state index in [-0.39, 0.29) is 30.4 Å². The number of nitrogens with zero attached hydrogens (tertiary/aromatic N) is 2. The quantitative estimate of drug-likeness (QED) is 0.546. The van der Waals surface area contributed by atoms with Crippen LogP contribution in [0.1, 0.15) is 48.6 Å². The van der Waals surface area contributed by atoms with Crippen LogP contribution in [0, 0.1) is 12.8 Å². The summed E-state index contributed by atoms with van der Waals surface area (Å²) in [5.74, 6) is 0.160. The number of allylic oxidation sites excluding steroid dienone is 2. The smallest absolute Gasteiger partial charge is 0.306 e. The van der Waals surface area contributed by atoms with Gasteiger partial charge in [0.15, 0.2) is 6.61 Å². The Morgan fingerprint density at radius 3 is 2.76 bits per heavy atom. The van der Waals surface area contributed by atoms with Crippen LogP contribution in [0.25, 0.3) is 0 Å². The summed E-state index contributed by atoms with van der Waals surface area (Å²) in [5, 5.41) is 5.93. The minimum atomic E-state index is -0.358. The number of hydrogen-bond acceptors (Lipinski definition) is 5. The second-order valence-electron chi connectivity index (χ2n) is 7.52. The van der Waals surface area contributed by atoms with Crippen molar-refractivity contribution in [2.24, 2.45) is 11.0 Å². The molecule has 0 spiro atoms. The summed E-state index contributed by atoms with van der Waals surface area (Å²) in [7, 11) is 0. The van der Waals surface area contributed by atoms with E-state index >= 15 is 0 Å². The first-order chi connectivity index (χ1) is 14.1. The molecule has 2 aromatic rings. The van der Waals surface area contributed by atoms with Crippen LogP contribution in [-0.2, 0) is 14.3 Å². The van der Waals surface area contributed by atoms with Crippen LogP contribution in [0.5, 0.6) is 0 Å². The van der Waals surface area contributed by atoms with Crippen LogP contribution in [0.4, 0.5) is 0 Å². The molecule has 2 aliphatic rings. The number of carbonyl (C=O) groups excluding carboxylic acids is 2. The lowest BCUT2D eigenvalue weighted by molar-refractivity contribution is -0.153. The van der Waals surface area contributed by atoms with Gasteiger partial charge in [0.25, 0.3) is 5.91 Å². The van der Waals surface area contributed by atoms with E-state index in [1.807, 2.05) is 43.3 Å². The van der Waals surface area contributed by atoms with Crippen LogP contribution < -0.4 is 0 Å². The number of furan rings is 1. The van der Waals surface area contributed by atoms with Crippen molar-refractivity contribution in [2.45, 2.75) is 38.6 Å². The van der Waals surface area contributed by atoms with Crippen molar-refractivity contribution in [1.82, 2.24) is 5.01 Å². The summed E-state index contributed by atoms with van der Waals surface area (Å²) in [4.78, 5) is 24.9. The van der Waals surface area contributed by atoms with E-state index in [2.05, 4.69) is 11.2 Å². The minimum absolute atomic E-state index is 0.214. The molecule has 0 N–H and O–H groups in total. The molecule has 0 saturated heterocycles. The molecule has 4 rings (SSSR count). The van der Waals surface area contributed by atoms with Gasteiger partial charge in [-0.05, 0) is 43.4 Å². The van der Waals surface area contributed by atoms with E-state index < -0.39 is 0 Å². The van der Waals surface area contributed by atoms with Crippen LogP contribution >= 0.6 is 0 Å². The molecule has 0 unspecified atom stereocenters. The van der Waals surface area contributed by atoms with E-state index in [9.17, 15) is 9.59 Å². The van der Waals surface area contributed by atoms with Crippen LogP contribution in [-0.4, -0.2) is 29.2 Å². The first-order valence-electron chi connectivity index (χ1n) is 9.92. The monoisotopic (exact) mass is 392 g/mol. The number of esters is 1. The highest BCUT2D eigenvalue weighted by Gasteiger charge is 2.35. The predicted octanol–water partition coefficient (Wildman–Crippen LogP) is 4.17. The SMILES string of the molecule is Cc1ccc(C2=NN(C(=O)COC(=O)C[C@@H]3C=CCC3)[C@H](c3ccco3)C2)cc1. The van der Waals surface area contributed by atoms with Gasteiger partial charge in [0.05, 0.1) is 18.4 Å². The average Bonchev–Trinajstić information content (AvgIpc) is 3.47. The van der Waals surface area contributed by atoms with Gasteiger partial charge in [-0.3, -0.25) is 9.59 Å². The molecule has 0 fully saturated rings. The molecular weight excluding hydrogens is 368 g/mol. The summed E-state index contributed by atoms with van der Waals surface area (Å²) in [6, 6.07) is 11.3. The van der Waals surface area contributed by atoms with Gasteiger partial charge in [0.1, 0.15) is 11.8 Å². The second-order valence-corrected chi connectivity index (χ2v) is 7.52. The molecule has 6 heteroatoms. The van der Waals surface area contributed by atoms with Gasteiger partial charge in [-0.2, -0.15) is 5.10 Å². The fourth-order valence-corrected chi connectivity index (χ4v) is 3.71. The minimum Gasteiger partial charge on any atom is -0.467 e. The number of aryl methyl sites for hydroxylation is 1. The van der Waals surface area contributed by atoms with Crippen molar-refractivity contribution in [2.75, 3.05) is 6.61 Å². The maximum absolute atomic E-state index is 12.8. The highest BCUT2D eigenvalue weighted by molar-refractivity contribution is 6.03. The number of rotatable bonds is 6. The lowest BCUT2D eigenvalue weighted by Crippen LogP contribution is -2.31. The number of hydrazone groups is 1. The fourth-order valence-electron chi connectivity index (χ4n) is 3.71. The molecule has 2 atom stereocenters. The van der Waals surface area contributed by atoms with Crippen molar-refractivity contribution in [3.63, 3.8) is 0 Å². The highest BCUT2D eigenvalue weighted by Crippen LogP contribution is 2.33. The molecular formula is C23H24N2O4. The lowest BCUT2D eigenvalue weighted by atomic mass is 10.0. The molecule has 1 aliphatic carbocycles. The highest BCUT2D eigenvalue weighted by atomic mass is 16.5. The molecule has 0 bridgehead atoms. The van der Waals surface area contributed by atoms with Crippen LogP contribution in [0.3, 0.4) is 0 Å². The van der Waals surface area contributed by atoms with Crippen molar-refractivity contribution in [1.29, 1.82) is 0 Å². The molecule has 6 nitrogen and oxygen atoms in total. The van der Waals surface area contributed by atoms with Gasteiger partial charge in [-0.15, -0.1) is 0 Å². The van der Waals surface area contributed by atoms with E-state index in [0.717, 1.165) is 29.7 Å². The zero-order chi connectivity index (χ0) is 20.2. The summed E-state index contributed by atoms with van der Waals surface area (Å²) in [6.45, 7) is 1.70. The molecule has 0 saturated carbocycles. The molecule has 1 amide bonds. The average molecular weight is 392 g/mol. The third-order valence-electron chi connectivity index (χ3n) is 5.32. The number of amides is 1. The summed E-state index contributed by atoms with van der Waals surface area (Å²) < 4.78 is 10.8. The molecule has 0 radical (unpaired) electrons. The molecule has 1 aliphatic heterocycles. The first-order valence-corrected chi connectivity index (χ1v) is 9.92. The lowest BCUT2D eigenvalue weighted by Gasteiger charge is -2.19. The van der Waals surface area contributed by atoms with Gasteiger partial charge in [0, 0.05) is 6.42 Å². The Balaban J connectivity index is 1.45. The van der Waals surface area contributed by atoms with E-state index in [1.54, 1.807) is 12.3 Å². The zero-order valence-electron chi connectivity index (χ0n) is 16.4. The Morgan fingerprint density at radius 2 is 2.07 bits per heavy atom. The standard InChI is InChI=1S/C23H24N2O4/c1-16-8-10-18(11-9-16)19-14-20(21-7-4-12-28-21)25(24-19)22(26)15-29-23(27)13-17-5-2-3-6-17/h2,4-5,7-12,17,20H,3,6,13-15H2,1H3/t17-,20+/m1/s1. The summed E-state index contributed by atoms with van der Waals surface area (Å²) in [6.07, 6.45) is 8.49.